The van der Waals surface area contributed by atoms with Gasteiger partial charge in [-0.25, -0.2) is 0 Å². The Bertz CT molecular complexity index is 380. The van der Waals surface area contributed by atoms with E-state index in [9.17, 15) is 5.11 Å². The molecule has 3 heteroatoms. The van der Waals surface area contributed by atoms with Crippen molar-refractivity contribution in [1.29, 1.82) is 0 Å². The Morgan fingerprint density at radius 1 is 1.20 bits per heavy atom. The number of β-amino-alcohol motifs (C(OH)–C–C–N with tert-alkyl or cyclic N) is 1. The van der Waals surface area contributed by atoms with Gasteiger partial charge in [-0.05, 0) is 43.9 Å². The molecule has 0 aliphatic carbocycles. The maximum absolute atomic E-state index is 10.0. The van der Waals surface area contributed by atoms with Crippen LogP contribution in [0.5, 0.6) is 5.75 Å². The van der Waals surface area contributed by atoms with Crippen LogP contribution < -0.4 is 10.1 Å². The molecular weight excluding hydrogens is 250 g/mol. The molecule has 0 spiro atoms. The molecule has 0 bridgehead atoms. The molecule has 0 aliphatic heterocycles. The Hall–Kier alpha value is -1.06. The van der Waals surface area contributed by atoms with E-state index in [0.29, 0.717) is 13.2 Å². The van der Waals surface area contributed by atoms with E-state index in [1.165, 1.54) is 0 Å². The van der Waals surface area contributed by atoms with Crippen LogP contribution >= 0.6 is 0 Å². The van der Waals surface area contributed by atoms with Gasteiger partial charge in [0.05, 0.1) is 0 Å². The van der Waals surface area contributed by atoms with Gasteiger partial charge in [0.2, 0.25) is 0 Å². The third-order valence-electron chi connectivity index (χ3n) is 4.17. The van der Waals surface area contributed by atoms with Gasteiger partial charge in [0.15, 0.2) is 0 Å². The predicted octanol–water partition coefficient (Wildman–Crippen LogP) is 3.29. The van der Waals surface area contributed by atoms with Gasteiger partial charge in [0.25, 0.3) is 0 Å². The van der Waals surface area contributed by atoms with Crippen LogP contribution in [0.2, 0.25) is 0 Å². The fraction of sp³-hybridized carbons (Fsp3) is 0.647. The number of benzene rings is 1. The number of aryl methyl sites for hydroxylation is 1. The Kier molecular flexibility index (Phi) is 7.03. The summed E-state index contributed by atoms with van der Waals surface area (Å²) in [7, 11) is 0. The molecule has 3 nitrogen and oxygen atoms in total. The summed E-state index contributed by atoms with van der Waals surface area (Å²) >= 11 is 0. The lowest BCUT2D eigenvalue weighted by Gasteiger charge is -2.33. The molecule has 0 saturated carbocycles. The number of nitrogens with one attached hydrogen (secondary N) is 1. The number of hydrogen-bond acceptors (Lipinski definition) is 3. The molecule has 1 atom stereocenters. The highest BCUT2D eigenvalue weighted by atomic mass is 16.5. The molecule has 0 aliphatic rings. The molecule has 0 amide bonds. The van der Waals surface area contributed by atoms with Crippen LogP contribution in [0, 0.1) is 6.92 Å². The first-order valence-corrected chi connectivity index (χ1v) is 7.67. The molecule has 0 fully saturated rings. The highest BCUT2D eigenvalue weighted by molar-refractivity contribution is 5.27. The second-order valence-electron chi connectivity index (χ2n) is 5.50. The summed E-state index contributed by atoms with van der Waals surface area (Å²) in [4.78, 5) is 0. The van der Waals surface area contributed by atoms with Crippen molar-refractivity contribution in [2.45, 2.75) is 58.6 Å². The lowest BCUT2D eigenvalue weighted by Crippen LogP contribution is -2.47. The predicted molar refractivity (Wildman–Crippen MR) is 84.3 cm³/mol. The molecule has 114 valence electrons. The minimum Gasteiger partial charge on any atom is -0.491 e. The quantitative estimate of drug-likeness (QED) is 0.729. The van der Waals surface area contributed by atoms with Crippen LogP contribution in [0.15, 0.2) is 24.3 Å². The van der Waals surface area contributed by atoms with E-state index in [1.54, 1.807) is 0 Å². The molecular formula is C17H29NO2. The topological polar surface area (TPSA) is 41.5 Å². The number of aliphatic hydroxyl groups excluding tert-OH is 1. The summed E-state index contributed by atoms with van der Waals surface area (Å²) in [6.07, 6.45) is 2.74. The monoisotopic (exact) mass is 279 g/mol. The molecule has 20 heavy (non-hydrogen) atoms. The van der Waals surface area contributed by atoms with Gasteiger partial charge in [0, 0.05) is 12.1 Å². The van der Waals surface area contributed by atoms with Gasteiger partial charge in [-0.3, -0.25) is 0 Å². The average molecular weight is 279 g/mol. The van der Waals surface area contributed by atoms with Crippen LogP contribution in [0.25, 0.3) is 0 Å². The second-order valence-corrected chi connectivity index (χ2v) is 5.50. The van der Waals surface area contributed by atoms with Crippen molar-refractivity contribution >= 4 is 0 Å². The molecule has 1 aromatic carbocycles. The highest BCUT2D eigenvalue weighted by Gasteiger charge is 2.23. The van der Waals surface area contributed by atoms with Crippen LogP contribution in [0.3, 0.4) is 0 Å². The Morgan fingerprint density at radius 3 is 2.40 bits per heavy atom. The highest BCUT2D eigenvalue weighted by Crippen LogP contribution is 2.19. The Labute approximate surface area is 123 Å². The number of hydrogen-bond donors (Lipinski definition) is 2. The normalized spacial score (nSPS) is 13.2. The fourth-order valence-electron chi connectivity index (χ4n) is 2.42. The largest absolute Gasteiger partial charge is 0.491 e. The van der Waals surface area contributed by atoms with E-state index < -0.39 is 6.10 Å². The SMILES string of the molecule is CCC(CC)(CC)NCC(O)COc1cccc(C)c1. The minimum absolute atomic E-state index is 0.143. The average Bonchev–Trinajstić information content (AvgIpc) is 2.47. The van der Waals surface area contributed by atoms with Gasteiger partial charge >= 0.3 is 0 Å². The number of aliphatic hydroxyl groups is 1. The molecule has 1 rings (SSSR count). The first-order valence-electron chi connectivity index (χ1n) is 7.67. The zero-order valence-corrected chi connectivity index (χ0v) is 13.3. The van der Waals surface area contributed by atoms with Gasteiger partial charge < -0.3 is 15.2 Å². The van der Waals surface area contributed by atoms with Crippen LogP contribution in [-0.2, 0) is 0 Å². The first-order chi connectivity index (χ1) is 9.55. The summed E-state index contributed by atoms with van der Waals surface area (Å²) in [5.41, 5.74) is 1.31. The smallest absolute Gasteiger partial charge is 0.119 e. The van der Waals surface area contributed by atoms with Crippen LogP contribution in [0.4, 0.5) is 0 Å². The van der Waals surface area contributed by atoms with Crippen molar-refractivity contribution in [2.75, 3.05) is 13.2 Å². The molecule has 2 N–H and O–H groups in total. The third kappa shape index (κ3) is 5.14. The maximum Gasteiger partial charge on any atom is 0.119 e. The van der Waals surface area contributed by atoms with Crippen LogP contribution in [-0.4, -0.2) is 29.9 Å². The molecule has 1 unspecified atom stereocenters. The molecule has 0 aromatic heterocycles. The van der Waals surface area contributed by atoms with E-state index in [2.05, 4.69) is 26.1 Å². The lowest BCUT2D eigenvalue weighted by atomic mass is 9.90. The lowest BCUT2D eigenvalue weighted by molar-refractivity contribution is 0.0942. The van der Waals surface area contributed by atoms with Crippen molar-refractivity contribution in [3.05, 3.63) is 29.8 Å². The summed E-state index contributed by atoms with van der Waals surface area (Å²) in [5.74, 6) is 0.816. The van der Waals surface area contributed by atoms with Gasteiger partial charge in [-0.2, -0.15) is 0 Å². The standard InChI is InChI=1S/C17H29NO2/c1-5-17(6-2,7-3)18-12-15(19)13-20-16-10-8-9-14(4)11-16/h8-11,15,18-19H,5-7,12-13H2,1-4H3. The van der Waals surface area contributed by atoms with Crippen molar-refractivity contribution in [1.82, 2.24) is 5.32 Å². The maximum atomic E-state index is 10.0. The summed E-state index contributed by atoms with van der Waals surface area (Å²) in [6, 6.07) is 7.89. The van der Waals surface area contributed by atoms with Crippen LogP contribution in [0.1, 0.15) is 45.6 Å². The summed E-state index contributed by atoms with van der Waals surface area (Å²) in [5, 5.41) is 13.5. The third-order valence-corrected chi connectivity index (χ3v) is 4.17. The van der Waals surface area contributed by atoms with Crippen molar-refractivity contribution in [3.63, 3.8) is 0 Å². The minimum atomic E-state index is -0.487. The first kappa shape index (κ1) is 17.0. The van der Waals surface area contributed by atoms with Crippen molar-refractivity contribution in [3.8, 4) is 5.75 Å². The summed E-state index contributed by atoms with van der Waals surface area (Å²) in [6.45, 7) is 9.49. The number of rotatable bonds is 9. The van der Waals surface area contributed by atoms with Gasteiger partial charge in [-0.15, -0.1) is 0 Å². The Morgan fingerprint density at radius 2 is 1.85 bits per heavy atom. The van der Waals surface area contributed by atoms with Gasteiger partial charge in [0.1, 0.15) is 18.5 Å². The van der Waals surface area contributed by atoms with E-state index in [4.69, 9.17) is 4.74 Å². The zero-order valence-electron chi connectivity index (χ0n) is 13.3. The van der Waals surface area contributed by atoms with Crippen molar-refractivity contribution in [2.24, 2.45) is 0 Å². The number of ether oxygens (including phenoxy) is 1. The van der Waals surface area contributed by atoms with E-state index in [0.717, 1.165) is 30.6 Å². The van der Waals surface area contributed by atoms with Gasteiger partial charge in [-0.1, -0.05) is 32.9 Å². The molecule has 1 aromatic rings. The van der Waals surface area contributed by atoms with E-state index >= 15 is 0 Å². The Balaban J connectivity index is 2.38. The molecule has 0 saturated heterocycles. The molecule has 0 radical (unpaired) electrons. The van der Waals surface area contributed by atoms with E-state index in [-0.39, 0.29) is 5.54 Å². The summed E-state index contributed by atoms with van der Waals surface area (Å²) < 4.78 is 5.62. The second kappa shape index (κ2) is 8.28. The van der Waals surface area contributed by atoms with Crippen molar-refractivity contribution < 1.29 is 9.84 Å². The molecule has 0 heterocycles. The zero-order chi connectivity index (χ0) is 15.0. The van der Waals surface area contributed by atoms with E-state index in [1.807, 2.05) is 31.2 Å². The fourth-order valence-corrected chi connectivity index (χ4v) is 2.42.